The lowest BCUT2D eigenvalue weighted by molar-refractivity contribution is -0.295. The zero-order valence-corrected chi connectivity index (χ0v) is 27.1. The third-order valence-corrected chi connectivity index (χ3v) is 9.85. The van der Waals surface area contributed by atoms with Gasteiger partial charge in [-0.2, -0.15) is 0 Å². The number of ether oxygens (including phenoxy) is 4. The number of methoxy groups -OCH3 is 1. The number of aliphatic hydroxyl groups is 1. The first kappa shape index (κ1) is 34.4. The Kier molecular flexibility index (Phi) is 11.8. The summed E-state index contributed by atoms with van der Waals surface area (Å²) in [6.45, 7) is 14.1. The summed E-state index contributed by atoms with van der Waals surface area (Å²) in [6, 6.07) is -0.104. The number of carbonyl (C=O) groups is 2. The molecule has 3 fully saturated rings. The molecule has 0 aromatic rings. The smallest absolute Gasteiger partial charge is 0.319 e. The third kappa shape index (κ3) is 7.88. The third-order valence-electron chi connectivity index (χ3n) is 9.85. The second-order valence-corrected chi connectivity index (χ2v) is 13.9. The molecule has 0 saturated carbocycles. The Hall–Kier alpha value is -1.14. The van der Waals surface area contributed by atoms with Crippen molar-refractivity contribution in [3.63, 3.8) is 0 Å². The van der Waals surface area contributed by atoms with Crippen LogP contribution in [0.4, 0.5) is 0 Å². The van der Waals surface area contributed by atoms with Gasteiger partial charge in [0.2, 0.25) is 0 Å². The fourth-order valence-corrected chi connectivity index (χ4v) is 7.29. The maximum absolute atomic E-state index is 14.1. The number of aliphatic hydroxyl groups excluding tert-OH is 1. The van der Waals surface area contributed by atoms with Crippen molar-refractivity contribution < 1.29 is 33.6 Å². The number of Topliss-reactive ketones (excluding diaryl/α,β-unsaturated/α-hetero) is 1. The van der Waals surface area contributed by atoms with Crippen molar-refractivity contribution in [1.29, 1.82) is 0 Å². The molecule has 2 N–H and O–H groups in total. The summed E-state index contributed by atoms with van der Waals surface area (Å²) in [7, 11) is 7.60. The molecule has 3 aliphatic heterocycles. The molecule has 0 aliphatic carbocycles. The van der Waals surface area contributed by atoms with E-state index in [-0.39, 0.29) is 36.5 Å². The number of rotatable bonds is 5. The average Bonchev–Trinajstić information content (AvgIpc) is 2.92. The van der Waals surface area contributed by atoms with Crippen LogP contribution in [0.2, 0.25) is 0 Å². The molecule has 10 heteroatoms. The van der Waals surface area contributed by atoms with Crippen LogP contribution in [0.3, 0.4) is 0 Å². The molecule has 238 valence electrons. The van der Waals surface area contributed by atoms with Crippen LogP contribution in [0.25, 0.3) is 0 Å². The molecule has 0 aromatic heterocycles. The topological polar surface area (TPSA) is 110 Å². The van der Waals surface area contributed by atoms with Gasteiger partial charge in [0.1, 0.15) is 18.1 Å². The normalized spacial score (nSPS) is 40.9. The number of ketones is 1. The van der Waals surface area contributed by atoms with Crippen LogP contribution in [0.1, 0.15) is 67.2 Å². The van der Waals surface area contributed by atoms with Crippen LogP contribution in [0.15, 0.2) is 0 Å². The zero-order valence-electron chi connectivity index (χ0n) is 27.1. The minimum atomic E-state index is -1.39. The summed E-state index contributed by atoms with van der Waals surface area (Å²) in [5, 5.41) is 14.7. The van der Waals surface area contributed by atoms with Gasteiger partial charge in [0.25, 0.3) is 0 Å². The second-order valence-electron chi connectivity index (χ2n) is 13.9. The molecular formula is C31H57N3O7. The Labute approximate surface area is 247 Å². The summed E-state index contributed by atoms with van der Waals surface area (Å²) < 4.78 is 24.9. The van der Waals surface area contributed by atoms with Crippen LogP contribution in [0, 0.1) is 23.2 Å². The highest BCUT2D eigenvalue weighted by atomic mass is 16.7. The largest absolute Gasteiger partial charge is 0.463 e. The molecule has 0 amide bonds. The highest BCUT2D eigenvalue weighted by Crippen LogP contribution is 2.38. The van der Waals surface area contributed by atoms with E-state index >= 15 is 0 Å². The van der Waals surface area contributed by atoms with Crippen molar-refractivity contribution in [1.82, 2.24) is 15.1 Å². The van der Waals surface area contributed by atoms with Gasteiger partial charge in [-0.3, -0.25) is 14.5 Å². The fraction of sp³-hybridized carbons (Fsp3) is 0.935. The molecule has 0 aromatic carbocycles. The van der Waals surface area contributed by atoms with Gasteiger partial charge in [0.15, 0.2) is 12.1 Å². The molecule has 0 unspecified atom stereocenters. The average molecular weight is 584 g/mol. The van der Waals surface area contributed by atoms with Crippen molar-refractivity contribution in [2.75, 3.05) is 54.5 Å². The standard InChI is InChI=1S/C31H57N3O7/c1-19-16-31(6,38-10)27(41-28-25(35)23(33(7)8)15-20(2)40-28)21(3)26(36)30(4,5)29(37)39-18-24(34(9)17-19)22-11-13-32-14-12-22/h19-25,27-28,32,35H,11-18H2,1-10H3/t19-,20-,21+,23+,24-,25-,27-,28+,31-/m1/s1. The van der Waals surface area contributed by atoms with Gasteiger partial charge in [0.05, 0.1) is 17.8 Å². The van der Waals surface area contributed by atoms with Gasteiger partial charge < -0.3 is 34.3 Å². The van der Waals surface area contributed by atoms with Gasteiger partial charge in [-0.25, -0.2) is 0 Å². The van der Waals surface area contributed by atoms with E-state index in [1.807, 2.05) is 32.8 Å². The quantitative estimate of drug-likeness (QED) is 0.370. The zero-order chi connectivity index (χ0) is 30.7. The highest BCUT2D eigenvalue weighted by Gasteiger charge is 2.51. The van der Waals surface area contributed by atoms with E-state index in [2.05, 4.69) is 24.2 Å². The number of cyclic esters (lactones) is 1. The Balaban J connectivity index is 1.99. The molecule has 0 radical (unpaired) electrons. The van der Waals surface area contributed by atoms with Gasteiger partial charge in [-0.1, -0.05) is 13.8 Å². The summed E-state index contributed by atoms with van der Waals surface area (Å²) in [5.74, 6) is -0.971. The van der Waals surface area contributed by atoms with Gasteiger partial charge in [0, 0.05) is 31.7 Å². The first-order chi connectivity index (χ1) is 19.1. The molecule has 0 bridgehead atoms. The van der Waals surface area contributed by atoms with E-state index in [0.717, 1.165) is 32.5 Å². The number of hydrogen-bond acceptors (Lipinski definition) is 10. The molecule has 3 saturated heterocycles. The molecule has 3 heterocycles. The number of nitrogens with one attached hydrogen (secondary N) is 1. The second kappa shape index (κ2) is 14.1. The molecule has 3 rings (SSSR count). The van der Waals surface area contributed by atoms with E-state index in [0.29, 0.717) is 18.8 Å². The Morgan fingerprint density at radius 2 is 1.73 bits per heavy atom. The monoisotopic (exact) mass is 583 g/mol. The van der Waals surface area contributed by atoms with Crippen molar-refractivity contribution in [2.45, 2.75) is 110 Å². The van der Waals surface area contributed by atoms with E-state index in [1.165, 1.54) is 0 Å². The summed E-state index contributed by atoms with van der Waals surface area (Å²) in [6.07, 6.45) is 0.513. The van der Waals surface area contributed by atoms with E-state index in [9.17, 15) is 14.7 Å². The molecule has 3 aliphatic rings. The van der Waals surface area contributed by atoms with Crippen LogP contribution in [0.5, 0.6) is 0 Å². The van der Waals surface area contributed by atoms with Crippen LogP contribution in [-0.2, 0) is 28.5 Å². The Morgan fingerprint density at radius 1 is 1.10 bits per heavy atom. The summed E-state index contributed by atoms with van der Waals surface area (Å²) >= 11 is 0. The predicted octanol–water partition coefficient (Wildman–Crippen LogP) is 2.32. The van der Waals surface area contributed by atoms with Gasteiger partial charge in [-0.05, 0) is 99.4 Å². The molecule has 10 nitrogen and oxygen atoms in total. The maximum Gasteiger partial charge on any atom is 0.319 e. The van der Waals surface area contributed by atoms with E-state index < -0.39 is 41.4 Å². The van der Waals surface area contributed by atoms with Crippen LogP contribution in [-0.4, -0.2) is 123 Å². The first-order valence-corrected chi connectivity index (χ1v) is 15.4. The first-order valence-electron chi connectivity index (χ1n) is 15.4. The fourth-order valence-electron chi connectivity index (χ4n) is 7.29. The lowest BCUT2D eigenvalue weighted by Crippen LogP contribution is -2.59. The number of likely N-dealkylation sites (N-methyl/N-ethyl adjacent to an activating group) is 2. The molecule has 9 atom stereocenters. The SMILES string of the molecule is CO[C@]1(C)C[C@@H](C)CN(C)[C@@H](C2CCNCC2)COC(=O)C(C)(C)C(=O)[C@H](C)[C@H]1O[C@@H]1O[C@H](C)C[C@H](N(C)C)[C@H]1O. The van der Waals surface area contributed by atoms with E-state index in [1.54, 1.807) is 27.9 Å². The van der Waals surface area contributed by atoms with Gasteiger partial charge in [-0.15, -0.1) is 0 Å². The Morgan fingerprint density at radius 3 is 2.32 bits per heavy atom. The number of esters is 1. The molecular weight excluding hydrogens is 526 g/mol. The van der Waals surface area contributed by atoms with Crippen LogP contribution < -0.4 is 5.32 Å². The predicted molar refractivity (Wildman–Crippen MR) is 157 cm³/mol. The van der Waals surface area contributed by atoms with Crippen molar-refractivity contribution >= 4 is 11.8 Å². The van der Waals surface area contributed by atoms with Crippen molar-refractivity contribution in [3.05, 3.63) is 0 Å². The van der Waals surface area contributed by atoms with Crippen LogP contribution >= 0.6 is 0 Å². The summed E-state index contributed by atoms with van der Waals surface area (Å²) in [5.41, 5.74) is -2.29. The lowest BCUT2D eigenvalue weighted by atomic mass is 9.74. The van der Waals surface area contributed by atoms with E-state index in [4.69, 9.17) is 18.9 Å². The Bertz CT molecular complexity index is 880. The molecule has 0 spiro atoms. The number of hydrogen-bond donors (Lipinski definition) is 2. The number of piperidine rings is 1. The molecule has 41 heavy (non-hydrogen) atoms. The summed E-state index contributed by atoms with van der Waals surface area (Å²) in [4.78, 5) is 31.9. The highest BCUT2D eigenvalue weighted by molar-refractivity contribution is 6.04. The van der Waals surface area contributed by atoms with Gasteiger partial charge >= 0.3 is 5.97 Å². The lowest BCUT2D eigenvalue weighted by Gasteiger charge is -2.47. The minimum Gasteiger partial charge on any atom is -0.463 e. The number of nitrogens with zero attached hydrogens (tertiary/aromatic N) is 2. The van der Waals surface area contributed by atoms with Crippen molar-refractivity contribution in [2.24, 2.45) is 23.2 Å². The van der Waals surface area contributed by atoms with Crippen molar-refractivity contribution in [3.8, 4) is 0 Å². The number of carbonyl (C=O) groups excluding carboxylic acids is 2. The minimum absolute atomic E-state index is 0.0590. The maximum atomic E-state index is 14.1.